The maximum Gasteiger partial charge on any atom is 0.452 e. The van der Waals surface area contributed by atoms with E-state index in [1.807, 2.05) is 6.07 Å². The minimum Gasteiger partial charge on any atom is -0.342 e. The van der Waals surface area contributed by atoms with E-state index in [-0.39, 0.29) is 12.0 Å². The molecule has 0 aliphatic rings. The SMILES string of the molecule is O=C(NC(Cc1ccccc1)C(=O)C(F)(F)F)c1cccc(N=Nc2ccccc2)c1. The van der Waals surface area contributed by atoms with Gasteiger partial charge in [-0.25, -0.2) is 0 Å². The van der Waals surface area contributed by atoms with Crippen LogP contribution in [-0.4, -0.2) is 23.9 Å². The van der Waals surface area contributed by atoms with Crippen molar-refractivity contribution in [2.45, 2.75) is 18.6 Å². The Morgan fingerprint density at radius 1 is 0.806 bits per heavy atom. The lowest BCUT2D eigenvalue weighted by molar-refractivity contribution is -0.173. The van der Waals surface area contributed by atoms with E-state index in [1.165, 1.54) is 18.2 Å². The number of hydrogen-bond donors (Lipinski definition) is 1. The molecule has 0 heterocycles. The van der Waals surface area contributed by atoms with Crippen molar-refractivity contribution in [2.24, 2.45) is 10.2 Å². The molecule has 31 heavy (non-hydrogen) atoms. The van der Waals surface area contributed by atoms with Crippen molar-refractivity contribution in [1.82, 2.24) is 5.32 Å². The largest absolute Gasteiger partial charge is 0.452 e. The number of amides is 1. The maximum absolute atomic E-state index is 13.1. The Morgan fingerprint density at radius 3 is 2.03 bits per heavy atom. The minimum atomic E-state index is -5.07. The fourth-order valence-electron chi connectivity index (χ4n) is 2.82. The number of alkyl halides is 3. The van der Waals surface area contributed by atoms with Crippen molar-refractivity contribution in [3.8, 4) is 0 Å². The Kier molecular flexibility index (Phi) is 6.92. The van der Waals surface area contributed by atoms with Crippen molar-refractivity contribution >= 4 is 23.1 Å². The lowest BCUT2D eigenvalue weighted by atomic mass is 10.0. The summed E-state index contributed by atoms with van der Waals surface area (Å²) in [5.41, 5.74) is 1.52. The van der Waals surface area contributed by atoms with Crippen molar-refractivity contribution in [2.75, 3.05) is 0 Å². The second-order valence-electron chi connectivity index (χ2n) is 6.66. The predicted octanol–water partition coefficient (Wildman–Crippen LogP) is 5.57. The summed E-state index contributed by atoms with van der Waals surface area (Å²) in [6.45, 7) is 0. The molecule has 0 fully saturated rings. The molecule has 0 saturated heterocycles. The van der Waals surface area contributed by atoms with E-state index in [1.54, 1.807) is 60.7 Å². The lowest BCUT2D eigenvalue weighted by Gasteiger charge is -2.19. The van der Waals surface area contributed by atoms with Crippen LogP contribution in [0.4, 0.5) is 24.5 Å². The Balaban J connectivity index is 1.78. The molecule has 5 nitrogen and oxygen atoms in total. The molecule has 0 bridgehead atoms. The first-order valence-electron chi connectivity index (χ1n) is 9.35. The van der Waals surface area contributed by atoms with Crippen LogP contribution < -0.4 is 5.32 Å². The van der Waals surface area contributed by atoms with Crippen LogP contribution in [0.3, 0.4) is 0 Å². The van der Waals surface area contributed by atoms with Gasteiger partial charge in [0.25, 0.3) is 11.7 Å². The van der Waals surface area contributed by atoms with Crippen LogP contribution in [0.1, 0.15) is 15.9 Å². The van der Waals surface area contributed by atoms with Crippen LogP contribution in [-0.2, 0) is 11.2 Å². The van der Waals surface area contributed by atoms with E-state index in [4.69, 9.17) is 0 Å². The second kappa shape index (κ2) is 9.80. The van der Waals surface area contributed by atoms with Gasteiger partial charge in [0.1, 0.15) is 6.04 Å². The predicted molar refractivity (Wildman–Crippen MR) is 110 cm³/mol. The number of carbonyl (C=O) groups excluding carboxylic acids is 2. The normalized spacial score (nSPS) is 12.5. The third kappa shape index (κ3) is 6.33. The fourth-order valence-corrected chi connectivity index (χ4v) is 2.82. The zero-order valence-corrected chi connectivity index (χ0v) is 16.2. The number of carbonyl (C=O) groups is 2. The molecule has 3 aromatic rings. The zero-order chi connectivity index (χ0) is 22.3. The Labute approximate surface area is 176 Å². The molecular formula is C23H18F3N3O2. The Bertz CT molecular complexity index is 1070. The molecule has 0 aromatic heterocycles. The van der Waals surface area contributed by atoms with Crippen LogP contribution in [0.5, 0.6) is 0 Å². The van der Waals surface area contributed by atoms with Crippen molar-refractivity contribution in [3.63, 3.8) is 0 Å². The minimum absolute atomic E-state index is 0.0672. The number of halogens is 3. The molecule has 0 radical (unpaired) electrons. The van der Waals surface area contributed by atoms with Crippen LogP contribution in [0.2, 0.25) is 0 Å². The van der Waals surface area contributed by atoms with Crippen LogP contribution in [0, 0.1) is 0 Å². The quantitative estimate of drug-likeness (QED) is 0.503. The molecule has 158 valence electrons. The topological polar surface area (TPSA) is 70.9 Å². The van der Waals surface area contributed by atoms with Crippen LogP contribution in [0.25, 0.3) is 0 Å². The summed E-state index contributed by atoms with van der Waals surface area (Å²) in [5.74, 6) is -2.82. The lowest BCUT2D eigenvalue weighted by Crippen LogP contribution is -2.48. The average molecular weight is 425 g/mol. The van der Waals surface area contributed by atoms with Crippen LogP contribution in [0.15, 0.2) is 95.2 Å². The molecule has 0 spiro atoms. The first-order valence-corrected chi connectivity index (χ1v) is 9.35. The highest BCUT2D eigenvalue weighted by Crippen LogP contribution is 2.22. The van der Waals surface area contributed by atoms with Gasteiger partial charge in [-0.1, -0.05) is 54.6 Å². The highest BCUT2D eigenvalue weighted by Gasteiger charge is 2.43. The number of azo groups is 1. The molecule has 0 aliphatic heterocycles. The van der Waals surface area contributed by atoms with Gasteiger partial charge in [-0.05, 0) is 35.9 Å². The van der Waals surface area contributed by atoms with Gasteiger partial charge in [0, 0.05) is 12.0 Å². The van der Waals surface area contributed by atoms with E-state index >= 15 is 0 Å². The third-order valence-electron chi connectivity index (χ3n) is 4.33. The summed E-state index contributed by atoms with van der Waals surface area (Å²) >= 11 is 0. The highest BCUT2D eigenvalue weighted by molar-refractivity contribution is 5.99. The average Bonchev–Trinajstić information content (AvgIpc) is 2.77. The van der Waals surface area contributed by atoms with Gasteiger partial charge >= 0.3 is 6.18 Å². The van der Waals surface area contributed by atoms with Gasteiger partial charge in [-0.2, -0.15) is 23.4 Å². The molecule has 1 unspecified atom stereocenters. The van der Waals surface area contributed by atoms with Gasteiger partial charge in [-0.15, -0.1) is 0 Å². The smallest absolute Gasteiger partial charge is 0.342 e. The van der Waals surface area contributed by atoms with Gasteiger partial charge in [-0.3, -0.25) is 9.59 Å². The van der Waals surface area contributed by atoms with Gasteiger partial charge < -0.3 is 5.32 Å². The number of rotatable bonds is 7. The number of nitrogens with zero attached hydrogens (tertiary/aromatic N) is 2. The summed E-state index contributed by atoms with van der Waals surface area (Å²) in [4.78, 5) is 24.5. The van der Waals surface area contributed by atoms with Crippen LogP contribution >= 0.6 is 0 Å². The number of hydrogen-bond acceptors (Lipinski definition) is 4. The fraction of sp³-hybridized carbons (Fsp3) is 0.130. The molecule has 1 amide bonds. The van der Waals surface area contributed by atoms with Gasteiger partial charge in [0.15, 0.2) is 0 Å². The molecule has 3 rings (SSSR count). The number of nitrogens with one attached hydrogen (secondary N) is 1. The Morgan fingerprint density at radius 2 is 1.39 bits per heavy atom. The van der Waals surface area contributed by atoms with Gasteiger partial charge in [0.2, 0.25) is 0 Å². The molecule has 0 aliphatic carbocycles. The summed E-state index contributed by atoms with van der Waals surface area (Å²) in [6, 6.07) is 21.3. The third-order valence-corrected chi connectivity index (χ3v) is 4.33. The zero-order valence-electron chi connectivity index (χ0n) is 16.2. The highest BCUT2D eigenvalue weighted by atomic mass is 19.4. The van der Waals surface area contributed by atoms with E-state index in [9.17, 15) is 22.8 Å². The summed E-state index contributed by atoms with van der Waals surface area (Å²) in [7, 11) is 0. The van der Waals surface area contributed by atoms with Crippen molar-refractivity contribution in [3.05, 3.63) is 96.1 Å². The molecule has 0 saturated carbocycles. The summed E-state index contributed by atoms with van der Waals surface area (Å²) < 4.78 is 39.2. The second-order valence-corrected chi connectivity index (χ2v) is 6.66. The van der Waals surface area contributed by atoms with E-state index in [2.05, 4.69) is 15.5 Å². The molecule has 3 aromatic carbocycles. The number of benzene rings is 3. The molecule has 1 atom stereocenters. The summed E-state index contributed by atoms with van der Waals surface area (Å²) in [5, 5.41) is 10.3. The first-order chi connectivity index (χ1) is 14.8. The van der Waals surface area contributed by atoms with Crippen molar-refractivity contribution < 1.29 is 22.8 Å². The van der Waals surface area contributed by atoms with Gasteiger partial charge in [0.05, 0.1) is 11.4 Å². The maximum atomic E-state index is 13.1. The van der Waals surface area contributed by atoms with E-state index in [0.29, 0.717) is 16.9 Å². The van der Waals surface area contributed by atoms with Crippen molar-refractivity contribution in [1.29, 1.82) is 0 Å². The van der Waals surface area contributed by atoms with E-state index in [0.717, 1.165) is 0 Å². The number of ketones is 1. The molecular weight excluding hydrogens is 407 g/mol. The van der Waals surface area contributed by atoms with E-state index < -0.39 is 23.9 Å². The first kappa shape index (κ1) is 21.9. The summed E-state index contributed by atoms with van der Waals surface area (Å²) in [6.07, 6.45) is -5.35. The Hall–Kier alpha value is -3.81. The standard InChI is InChI=1S/C23H18F3N3O2/c24-23(25,26)21(30)20(14-16-8-3-1-4-9-16)27-22(31)17-10-7-13-19(15-17)29-28-18-11-5-2-6-12-18/h1-13,15,20H,14H2,(H,27,31). The molecule has 8 heteroatoms. The molecule has 1 N–H and O–H groups in total. The number of Topliss-reactive ketones (excluding diaryl/α,β-unsaturated/α-hetero) is 1. The monoisotopic (exact) mass is 425 g/mol.